The molecule has 16 heavy (non-hydrogen) atoms. The van der Waals surface area contributed by atoms with Gasteiger partial charge < -0.3 is 5.73 Å². The average Bonchev–Trinajstić information content (AvgIpc) is 2.65. The van der Waals surface area contributed by atoms with Crippen LogP contribution in [0.1, 0.15) is 25.0 Å². The lowest BCUT2D eigenvalue weighted by atomic mass is 10.1. The van der Waals surface area contributed by atoms with Crippen molar-refractivity contribution < 1.29 is 0 Å². The second-order valence-electron chi connectivity index (χ2n) is 4.20. The van der Waals surface area contributed by atoms with Gasteiger partial charge in [-0.05, 0) is 12.8 Å². The number of nitrogens with two attached hydrogens (primary N) is 1. The molecule has 0 bridgehead atoms. The highest BCUT2D eigenvalue weighted by Gasteiger charge is 2.23. The molecule has 0 amide bonds. The topological polar surface area (TPSA) is 70.0 Å². The van der Waals surface area contributed by atoms with Crippen molar-refractivity contribution in [2.45, 2.75) is 45.8 Å². The molecule has 0 radical (unpaired) electrons. The third kappa shape index (κ3) is 1.43. The van der Waals surface area contributed by atoms with E-state index < -0.39 is 0 Å². The Kier molecular flexibility index (Phi) is 2.71. The minimum atomic E-state index is -0.123. The minimum absolute atomic E-state index is 0.0492. The summed E-state index contributed by atoms with van der Waals surface area (Å²) in [5.41, 5.74) is 6.99. The van der Waals surface area contributed by atoms with Gasteiger partial charge in [-0.25, -0.2) is 9.36 Å². The highest BCUT2D eigenvalue weighted by Crippen LogP contribution is 2.05. The van der Waals surface area contributed by atoms with Crippen LogP contribution in [0.3, 0.4) is 0 Å². The van der Waals surface area contributed by atoms with Crippen LogP contribution in [0.2, 0.25) is 0 Å². The molecule has 0 saturated carbocycles. The van der Waals surface area contributed by atoms with Crippen LogP contribution in [0.5, 0.6) is 0 Å². The van der Waals surface area contributed by atoms with Crippen molar-refractivity contribution in [2.24, 2.45) is 5.73 Å². The molecule has 0 unspecified atom stereocenters. The molecule has 88 valence electrons. The lowest BCUT2D eigenvalue weighted by Gasteiger charge is -2.11. The maximum absolute atomic E-state index is 12.1. The van der Waals surface area contributed by atoms with E-state index in [2.05, 4.69) is 0 Å². The standard InChI is InChI=1S/C11H17N3O2/c1-3-8-9(4-2)11(16)14-6-7(12)5-13(14)10(8)15/h7H,3-6,12H2,1-2H3. The van der Waals surface area contributed by atoms with E-state index in [-0.39, 0.29) is 17.2 Å². The van der Waals surface area contributed by atoms with Gasteiger partial charge >= 0.3 is 0 Å². The Balaban J connectivity index is 2.79. The summed E-state index contributed by atoms with van der Waals surface area (Å²) in [6.07, 6.45) is 1.21. The molecule has 2 heterocycles. The molecule has 0 spiro atoms. The first kappa shape index (κ1) is 11.1. The molecule has 1 aliphatic heterocycles. The molecule has 0 aromatic carbocycles. The van der Waals surface area contributed by atoms with E-state index in [0.717, 1.165) is 0 Å². The third-order valence-electron chi connectivity index (χ3n) is 3.16. The molecule has 2 N–H and O–H groups in total. The fourth-order valence-corrected chi connectivity index (χ4v) is 2.38. The van der Waals surface area contributed by atoms with Gasteiger partial charge in [-0.2, -0.15) is 0 Å². The van der Waals surface area contributed by atoms with Gasteiger partial charge in [0.15, 0.2) is 0 Å². The Hall–Kier alpha value is -1.36. The predicted octanol–water partition coefficient (Wildman–Crippen LogP) is -0.524. The Morgan fingerprint density at radius 3 is 1.75 bits per heavy atom. The Labute approximate surface area is 93.5 Å². The Morgan fingerprint density at radius 2 is 1.44 bits per heavy atom. The maximum Gasteiger partial charge on any atom is 0.268 e. The molecule has 1 aromatic heterocycles. The van der Waals surface area contributed by atoms with Crippen molar-refractivity contribution in [3.05, 3.63) is 31.8 Å². The zero-order chi connectivity index (χ0) is 11.9. The van der Waals surface area contributed by atoms with Crippen molar-refractivity contribution in [3.8, 4) is 0 Å². The molecule has 0 saturated heterocycles. The van der Waals surface area contributed by atoms with Crippen LogP contribution in [0, 0.1) is 0 Å². The SMILES string of the molecule is CCc1c(CC)c(=O)n2n(c1=O)CC(N)C2. The van der Waals surface area contributed by atoms with E-state index in [0.29, 0.717) is 37.1 Å². The predicted molar refractivity (Wildman–Crippen MR) is 61.7 cm³/mol. The summed E-state index contributed by atoms with van der Waals surface area (Å²) in [6.45, 7) is 4.71. The summed E-state index contributed by atoms with van der Waals surface area (Å²) in [5, 5.41) is 0. The van der Waals surface area contributed by atoms with Crippen molar-refractivity contribution in [2.75, 3.05) is 0 Å². The quantitative estimate of drug-likeness (QED) is 0.733. The average molecular weight is 223 g/mol. The van der Waals surface area contributed by atoms with E-state index in [1.54, 1.807) is 0 Å². The van der Waals surface area contributed by atoms with E-state index in [1.165, 1.54) is 9.36 Å². The second-order valence-corrected chi connectivity index (χ2v) is 4.20. The first-order valence-corrected chi connectivity index (χ1v) is 5.71. The summed E-state index contributed by atoms with van der Waals surface area (Å²) in [5.74, 6) is 0. The van der Waals surface area contributed by atoms with Crippen molar-refractivity contribution >= 4 is 0 Å². The Bertz CT molecular complexity index is 480. The van der Waals surface area contributed by atoms with Gasteiger partial charge in [-0.3, -0.25) is 9.59 Å². The fraction of sp³-hybridized carbons (Fsp3) is 0.636. The van der Waals surface area contributed by atoms with Crippen molar-refractivity contribution in [1.29, 1.82) is 0 Å². The van der Waals surface area contributed by atoms with Gasteiger partial charge in [-0.15, -0.1) is 0 Å². The van der Waals surface area contributed by atoms with Crippen LogP contribution in [0.15, 0.2) is 9.59 Å². The molecule has 1 aliphatic rings. The number of aromatic nitrogens is 2. The van der Waals surface area contributed by atoms with E-state index >= 15 is 0 Å². The molecule has 5 nitrogen and oxygen atoms in total. The summed E-state index contributed by atoms with van der Waals surface area (Å²) < 4.78 is 2.98. The van der Waals surface area contributed by atoms with Crippen LogP contribution in [-0.4, -0.2) is 15.4 Å². The number of nitrogens with zero attached hydrogens (tertiary/aromatic N) is 2. The first-order chi connectivity index (χ1) is 7.60. The zero-order valence-electron chi connectivity index (χ0n) is 9.69. The van der Waals surface area contributed by atoms with Crippen LogP contribution in [0.4, 0.5) is 0 Å². The lowest BCUT2D eigenvalue weighted by Crippen LogP contribution is -2.39. The second kappa shape index (κ2) is 3.90. The number of fused-ring (bicyclic) bond motifs is 1. The highest BCUT2D eigenvalue weighted by molar-refractivity contribution is 5.22. The molecule has 0 atom stereocenters. The van der Waals surface area contributed by atoms with Crippen molar-refractivity contribution in [3.63, 3.8) is 0 Å². The molecule has 0 aliphatic carbocycles. The van der Waals surface area contributed by atoms with E-state index in [4.69, 9.17) is 5.73 Å². The largest absolute Gasteiger partial charge is 0.325 e. The number of hydrogen-bond acceptors (Lipinski definition) is 3. The van der Waals surface area contributed by atoms with Gasteiger partial charge in [-0.1, -0.05) is 13.8 Å². The van der Waals surface area contributed by atoms with Gasteiger partial charge in [0.1, 0.15) is 0 Å². The molecule has 2 rings (SSSR count). The van der Waals surface area contributed by atoms with Gasteiger partial charge in [0, 0.05) is 17.2 Å². The summed E-state index contributed by atoms with van der Waals surface area (Å²) >= 11 is 0. The third-order valence-corrected chi connectivity index (χ3v) is 3.16. The molecule has 0 fully saturated rings. The first-order valence-electron chi connectivity index (χ1n) is 5.71. The molecular formula is C11H17N3O2. The minimum Gasteiger partial charge on any atom is -0.325 e. The molecule has 1 aromatic rings. The van der Waals surface area contributed by atoms with Crippen LogP contribution >= 0.6 is 0 Å². The fourth-order valence-electron chi connectivity index (χ4n) is 2.38. The van der Waals surface area contributed by atoms with Crippen LogP contribution < -0.4 is 16.9 Å². The van der Waals surface area contributed by atoms with Crippen LogP contribution in [0.25, 0.3) is 0 Å². The van der Waals surface area contributed by atoms with Gasteiger partial charge in [0.25, 0.3) is 11.1 Å². The van der Waals surface area contributed by atoms with Gasteiger partial charge in [0.05, 0.1) is 13.1 Å². The van der Waals surface area contributed by atoms with Crippen LogP contribution in [-0.2, 0) is 25.9 Å². The smallest absolute Gasteiger partial charge is 0.268 e. The summed E-state index contributed by atoms with van der Waals surface area (Å²) in [6, 6.07) is -0.123. The molecule has 5 heteroatoms. The monoisotopic (exact) mass is 223 g/mol. The van der Waals surface area contributed by atoms with Crippen molar-refractivity contribution in [1.82, 2.24) is 9.36 Å². The summed E-state index contributed by atoms with van der Waals surface area (Å²) in [7, 11) is 0. The number of hydrogen-bond donors (Lipinski definition) is 1. The maximum atomic E-state index is 12.1. The molecular weight excluding hydrogens is 206 g/mol. The lowest BCUT2D eigenvalue weighted by molar-refractivity contribution is 0.534. The summed E-state index contributed by atoms with van der Waals surface area (Å²) in [4.78, 5) is 24.2. The van der Waals surface area contributed by atoms with Gasteiger partial charge in [0.2, 0.25) is 0 Å². The van der Waals surface area contributed by atoms with E-state index in [1.807, 2.05) is 13.8 Å². The normalized spacial score (nSPS) is 15.4. The Morgan fingerprint density at radius 1 is 1.06 bits per heavy atom. The van der Waals surface area contributed by atoms with E-state index in [9.17, 15) is 9.59 Å². The number of rotatable bonds is 2. The zero-order valence-corrected chi connectivity index (χ0v) is 9.69. The highest BCUT2D eigenvalue weighted by atomic mass is 16.2.